The first-order chi connectivity index (χ1) is 9.20. The number of fused-ring (bicyclic) bond motifs is 1. The lowest BCUT2D eigenvalue weighted by molar-refractivity contribution is -0.136. The Morgan fingerprint density at radius 2 is 2.26 bits per heavy atom. The minimum Gasteiger partial charge on any atom is -0.481 e. The molecule has 5 heteroatoms. The third-order valence-corrected chi connectivity index (χ3v) is 3.95. The van der Waals surface area contributed by atoms with E-state index in [1.165, 1.54) is 25.1 Å². The van der Waals surface area contributed by atoms with Crippen LogP contribution >= 0.6 is 0 Å². The van der Waals surface area contributed by atoms with Crippen molar-refractivity contribution in [2.75, 3.05) is 13.1 Å². The summed E-state index contributed by atoms with van der Waals surface area (Å²) in [5.74, 6) is 0.166. The number of aryl methyl sites for hydroxylation is 2. The van der Waals surface area contributed by atoms with Crippen LogP contribution in [0.1, 0.15) is 37.1 Å². The van der Waals surface area contributed by atoms with Crippen LogP contribution in [-0.4, -0.2) is 38.8 Å². The van der Waals surface area contributed by atoms with Crippen LogP contribution in [0.15, 0.2) is 6.07 Å². The second-order valence-corrected chi connectivity index (χ2v) is 5.78. The summed E-state index contributed by atoms with van der Waals surface area (Å²) >= 11 is 0. The molecule has 2 aliphatic rings. The average Bonchev–Trinajstić information content (AvgIpc) is 3.12. The largest absolute Gasteiger partial charge is 0.481 e. The Balaban J connectivity index is 1.65. The molecule has 0 saturated heterocycles. The van der Waals surface area contributed by atoms with E-state index in [1.54, 1.807) is 0 Å². The SMILES string of the molecule is O=C(O)CCc1cc2n(n1)CCCN(CC1CC1)C2. The van der Waals surface area contributed by atoms with Crippen LogP contribution in [0.25, 0.3) is 0 Å². The Labute approximate surface area is 113 Å². The smallest absolute Gasteiger partial charge is 0.303 e. The normalized spacial score (nSPS) is 20.0. The maximum absolute atomic E-state index is 10.6. The number of carboxylic acid groups (broad SMARTS) is 1. The van der Waals surface area contributed by atoms with Crippen molar-refractivity contribution in [3.63, 3.8) is 0 Å². The molecule has 1 aromatic rings. The minimum atomic E-state index is -0.751. The number of hydrogen-bond acceptors (Lipinski definition) is 3. The van der Waals surface area contributed by atoms with Crippen molar-refractivity contribution in [3.05, 3.63) is 17.5 Å². The van der Waals surface area contributed by atoms with E-state index in [-0.39, 0.29) is 6.42 Å². The monoisotopic (exact) mass is 263 g/mol. The molecular weight excluding hydrogens is 242 g/mol. The zero-order valence-electron chi connectivity index (χ0n) is 11.2. The Morgan fingerprint density at radius 1 is 1.42 bits per heavy atom. The predicted molar refractivity (Wildman–Crippen MR) is 70.8 cm³/mol. The van der Waals surface area contributed by atoms with Crippen LogP contribution in [0.5, 0.6) is 0 Å². The lowest BCUT2D eigenvalue weighted by Crippen LogP contribution is -2.25. The second-order valence-electron chi connectivity index (χ2n) is 5.78. The van der Waals surface area contributed by atoms with Gasteiger partial charge in [-0.05, 0) is 31.2 Å². The molecule has 0 unspecified atom stereocenters. The maximum atomic E-state index is 10.6. The lowest BCUT2D eigenvalue weighted by atomic mass is 10.2. The van der Waals surface area contributed by atoms with Crippen LogP contribution in [0, 0.1) is 5.92 Å². The van der Waals surface area contributed by atoms with Gasteiger partial charge in [-0.1, -0.05) is 0 Å². The molecule has 0 radical (unpaired) electrons. The van der Waals surface area contributed by atoms with Crippen molar-refractivity contribution in [1.29, 1.82) is 0 Å². The van der Waals surface area contributed by atoms with Gasteiger partial charge in [-0.3, -0.25) is 14.4 Å². The highest BCUT2D eigenvalue weighted by Gasteiger charge is 2.26. The van der Waals surface area contributed by atoms with E-state index >= 15 is 0 Å². The van der Waals surface area contributed by atoms with Gasteiger partial charge in [-0.2, -0.15) is 5.10 Å². The molecule has 1 N–H and O–H groups in total. The summed E-state index contributed by atoms with van der Waals surface area (Å²) in [4.78, 5) is 13.1. The molecule has 0 aromatic carbocycles. The van der Waals surface area contributed by atoms with Crippen molar-refractivity contribution < 1.29 is 9.90 Å². The van der Waals surface area contributed by atoms with Gasteiger partial charge in [0.15, 0.2) is 0 Å². The summed E-state index contributed by atoms with van der Waals surface area (Å²) < 4.78 is 2.07. The maximum Gasteiger partial charge on any atom is 0.303 e. The lowest BCUT2D eigenvalue weighted by Gasteiger charge is -2.18. The number of aliphatic carboxylic acids is 1. The third-order valence-electron chi connectivity index (χ3n) is 3.95. The van der Waals surface area contributed by atoms with Gasteiger partial charge in [0, 0.05) is 32.6 Å². The van der Waals surface area contributed by atoms with Gasteiger partial charge in [-0.15, -0.1) is 0 Å². The van der Waals surface area contributed by atoms with Crippen LogP contribution in [0.2, 0.25) is 0 Å². The number of hydrogen-bond donors (Lipinski definition) is 1. The molecule has 19 heavy (non-hydrogen) atoms. The molecule has 1 saturated carbocycles. The first-order valence-electron chi connectivity index (χ1n) is 7.20. The van der Waals surface area contributed by atoms with E-state index in [0.717, 1.165) is 37.7 Å². The Hall–Kier alpha value is -1.36. The molecule has 0 amide bonds. The fourth-order valence-corrected chi connectivity index (χ4v) is 2.77. The Kier molecular flexibility index (Phi) is 3.55. The van der Waals surface area contributed by atoms with E-state index < -0.39 is 5.97 Å². The van der Waals surface area contributed by atoms with Gasteiger partial charge in [0.05, 0.1) is 17.8 Å². The molecule has 104 valence electrons. The zero-order chi connectivity index (χ0) is 13.2. The number of carbonyl (C=O) groups is 1. The molecule has 1 aliphatic carbocycles. The Morgan fingerprint density at radius 3 is 3.00 bits per heavy atom. The van der Waals surface area contributed by atoms with Gasteiger partial charge < -0.3 is 5.11 Å². The van der Waals surface area contributed by atoms with E-state index in [0.29, 0.717) is 6.42 Å². The summed E-state index contributed by atoms with van der Waals surface area (Å²) in [5.41, 5.74) is 2.17. The summed E-state index contributed by atoms with van der Waals surface area (Å²) in [6.45, 7) is 4.31. The van der Waals surface area contributed by atoms with Crippen LogP contribution in [-0.2, 0) is 24.3 Å². The first kappa shape index (κ1) is 12.7. The standard InChI is InChI=1S/C14H21N3O2/c18-14(19)5-4-12-8-13-10-16(9-11-2-3-11)6-1-7-17(13)15-12/h8,11H,1-7,9-10H2,(H,18,19). The number of aromatic nitrogens is 2. The fourth-order valence-electron chi connectivity index (χ4n) is 2.77. The molecule has 1 aromatic heterocycles. The minimum absolute atomic E-state index is 0.169. The highest BCUT2D eigenvalue weighted by molar-refractivity contribution is 5.66. The number of rotatable bonds is 5. The van der Waals surface area contributed by atoms with Crippen LogP contribution < -0.4 is 0 Å². The van der Waals surface area contributed by atoms with Crippen molar-refractivity contribution in [3.8, 4) is 0 Å². The van der Waals surface area contributed by atoms with Crippen molar-refractivity contribution in [2.45, 2.75) is 45.2 Å². The van der Waals surface area contributed by atoms with E-state index in [2.05, 4.69) is 20.7 Å². The summed E-state index contributed by atoms with van der Waals surface area (Å²) in [6, 6.07) is 2.09. The molecule has 1 aliphatic heterocycles. The highest BCUT2D eigenvalue weighted by Crippen LogP contribution is 2.30. The quantitative estimate of drug-likeness (QED) is 0.875. The summed E-state index contributed by atoms with van der Waals surface area (Å²) in [7, 11) is 0. The highest BCUT2D eigenvalue weighted by atomic mass is 16.4. The van der Waals surface area contributed by atoms with Gasteiger partial charge in [0.25, 0.3) is 0 Å². The van der Waals surface area contributed by atoms with Gasteiger partial charge >= 0.3 is 5.97 Å². The molecule has 3 rings (SSSR count). The predicted octanol–water partition coefficient (Wildman–Crippen LogP) is 1.52. The average molecular weight is 263 g/mol. The number of nitrogens with zero attached hydrogens (tertiary/aromatic N) is 3. The van der Waals surface area contributed by atoms with Crippen LogP contribution in [0.4, 0.5) is 0 Å². The molecule has 0 spiro atoms. The second kappa shape index (κ2) is 5.33. The van der Waals surface area contributed by atoms with Crippen LogP contribution in [0.3, 0.4) is 0 Å². The van der Waals surface area contributed by atoms with E-state index in [9.17, 15) is 4.79 Å². The van der Waals surface area contributed by atoms with Crippen molar-refractivity contribution in [2.24, 2.45) is 5.92 Å². The molecule has 0 atom stereocenters. The molecule has 2 heterocycles. The zero-order valence-corrected chi connectivity index (χ0v) is 11.2. The topological polar surface area (TPSA) is 58.4 Å². The summed E-state index contributed by atoms with van der Waals surface area (Å²) in [5, 5.41) is 13.3. The number of carboxylic acids is 1. The van der Waals surface area contributed by atoms with Gasteiger partial charge in [0.2, 0.25) is 0 Å². The molecular formula is C14H21N3O2. The van der Waals surface area contributed by atoms with E-state index in [4.69, 9.17) is 5.11 Å². The van der Waals surface area contributed by atoms with E-state index in [1.807, 2.05) is 0 Å². The Bertz CT molecular complexity index is 465. The molecule has 0 bridgehead atoms. The summed E-state index contributed by atoms with van der Waals surface area (Å²) in [6.07, 6.45) is 4.62. The first-order valence-corrected chi connectivity index (χ1v) is 7.20. The van der Waals surface area contributed by atoms with Gasteiger partial charge in [-0.25, -0.2) is 0 Å². The van der Waals surface area contributed by atoms with Crippen molar-refractivity contribution >= 4 is 5.97 Å². The van der Waals surface area contributed by atoms with Gasteiger partial charge in [0.1, 0.15) is 0 Å². The molecule has 1 fully saturated rings. The fraction of sp³-hybridized carbons (Fsp3) is 0.714. The third kappa shape index (κ3) is 3.35. The molecule has 5 nitrogen and oxygen atoms in total. The van der Waals surface area contributed by atoms with Crippen molar-refractivity contribution in [1.82, 2.24) is 14.7 Å².